The first-order valence-corrected chi connectivity index (χ1v) is 9.99. The summed E-state index contributed by atoms with van der Waals surface area (Å²) in [7, 11) is 0. The van der Waals surface area contributed by atoms with Gasteiger partial charge in [-0.05, 0) is 41.4 Å². The van der Waals surface area contributed by atoms with Crippen LogP contribution in [-0.4, -0.2) is 0 Å². The van der Waals surface area contributed by atoms with E-state index in [-0.39, 0.29) is 0 Å². The third-order valence-electron chi connectivity index (χ3n) is 5.83. The van der Waals surface area contributed by atoms with Crippen LogP contribution in [0.2, 0.25) is 0 Å². The van der Waals surface area contributed by atoms with Gasteiger partial charge < -0.3 is 0 Å². The smallest absolute Gasteiger partial charge is 0.0184 e. The van der Waals surface area contributed by atoms with Crippen molar-refractivity contribution in [2.45, 2.75) is 64.7 Å². The van der Waals surface area contributed by atoms with Crippen molar-refractivity contribution in [1.29, 1.82) is 0 Å². The van der Waals surface area contributed by atoms with E-state index in [2.05, 4.69) is 61.5 Å². The van der Waals surface area contributed by atoms with Gasteiger partial charge in [0.15, 0.2) is 0 Å². The summed E-state index contributed by atoms with van der Waals surface area (Å²) >= 11 is 0. The van der Waals surface area contributed by atoms with Gasteiger partial charge in [0, 0.05) is 0 Å². The van der Waals surface area contributed by atoms with Crippen LogP contribution < -0.4 is 0 Å². The average Bonchev–Trinajstić information content (AvgIpc) is 2.67. The molecule has 1 fully saturated rings. The Labute approximate surface area is 148 Å². The largest absolute Gasteiger partial charge is 0.0654 e. The molecule has 0 saturated heterocycles. The third-order valence-corrected chi connectivity index (χ3v) is 5.83. The molecule has 0 radical (unpaired) electrons. The Morgan fingerprint density at radius 3 is 1.92 bits per heavy atom. The van der Waals surface area contributed by atoms with Gasteiger partial charge >= 0.3 is 0 Å². The van der Waals surface area contributed by atoms with Crippen LogP contribution >= 0.6 is 0 Å². The molecule has 2 aromatic rings. The maximum Gasteiger partial charge on any atom is -0.0184 e. The molecule has 24 heavy (non-hydrogen) atoms. The van der Waals surface area contributed by atoms with Gasteiger partial charge in [-0.1, -0.05) is 106 Å². The lowest BCUT2D eigenvalue weighted by atomic mass is 9.78. The Balaban J connectivity index is 1.44. The molecule has 0 nitrogen and oxygen atoms in total. The minimum absolute atomic E-state index is 0.969. The van der Waals surface area contributed by atoms with Gasteiger partial charge in [-0.25, -0.2) is 0 Å². The molecule has 0 amide bonds. The Kier molecular flexibility index (Phi) is 6.52. The van der Waals surface area contributed by atoms with E-state index in [1.54, 1.807) is 0 Å². The quantitative estimate of drug-likeness (QED) is 0.502. The van der Waals surface area contributed by atoms with Crippen LogP contribution in [0.5, 0.6) is 0 Å². The highest BCUT2D eigenvalue weighted by molar-refractivity contribution is 5.63. The first kappa shape index (κ1) is 17.3. The summed E-state index contributed by atoms with van der Waals surface area (Å²) in [6.07, 6.45) is 12.8. The second-order valence-corrected chi connectivity index (χ2v) is 7.63. The summed E-state index contributed by atoms with van der Waals surface area (Å²) in [5.41, 5.74) is 4.15. The molecule has 0 bridgehead atoms. The number of unbranched alkanes of at least 4 members (excludes halogenated alkanes) is 1. The second kappa shape index (κ2) is 9.06. The highest BCUT2D eigenvalue weighted by atomic mass is 14.3. The lowest BCUT2D eigenvalue weighted by Gasteiger charge is -2.28. The molecule has 0 unspecified atom stereocenters. The predicted octanol–water partition coefficient (Wildman–Crippen LogP) is 7.28. The zero-order chi connectivity index (χ0) is 16.6. The van der Waals surface area contributed by atoms with Crippen molar-refractivity contribution in [3.63, 3.8) is 0 Å². The van der Waals surface area contributed by atoms with Crippen LogP contribution in [0, 0.1) is 11.8 Å². The SMILES string of the molecule is CCCCC1CCC(CCc2ccc(-c3ccccc3)cc2)CC1. The van der Waals surface area contributed by atoms with Crippen LogP contribution in [0.1, 0.15) is 63.9 Å². The van der Waals surface area contributed by atoms with E-state index in [9.17, 15) is 0 Å². The standard InChI is InChI=1S/C24H32/c1-2-3-7-20-10-12-21(13-11-20)14-15-22-16-18-24(19-17-22)23-8-5-4-6-9-23/h4-6,8-9,16-21H,2-3,7,10-15H2,1H3. The highest BCUT2D eigenvalue weighted by Crippen LogP contribution is 2.34. The molecule has 0 N–H and O–H groups in total. The summed E-state index contributed by atoms with van der Waals surface area (Å²) in [5.74, 6) is 2.00. The first-order valence-electron chi connectivity index (χ1n) is 9.99. The summed E-state index contributed by atoms with van der Waals surface area (Å²) < 4.78 is 0. The van der Waals surface area contributed by atoms with E-state index < -0.39 is 0 Å². The van der Waals surface area contributed by atoms with Crippen LogP contribution in [0.3, 0.4) is 0 Å². The molecule has 0 spiro atoms. The average molecular weight is 321 g/mol. The molecule has 0 aliphatic heterocycles. The number of benzene rings is 2. The third kappa shape index (κ3) is 4.97. The lowest BCUT2D eigenvalue weighted by molar-refractivity contribution is 0.250. The van der Waals surface area contributed by atoms with Crippen LogP contribution in [-0.2, 0) is 6.42 Å². The van der Waals surface area contributed by atoms with Gasteiger partial charge in [-0.3, -0.25) is 0 Å². The normalized spacial score (nSPS) is 20.9. The fourth-order valence-electron chi connectivity index (χ4n) is 4.17. The van der Waals surface area contributed by atoms with Gasteiger partial charge in [-0.15, -0.1) is 0 Å². The van der Waals surface area contributed by atoms with Crippen LogP contribution in [0.15, 0.2) is 54.6 Å². The van der Waals surface area contributed by atoms with Crippen molar-refractivity contribution >= 4 is 0 Å². The van der Waals surface area contributed by atoms with E-state index in [4.69, 9.17) is 0 Å². The van der Waals surface area contributed by atoms with Crippen molar-refractivity contribution in [3.05, 3.63) is 60.2 Å². The van der Waals surface area contributed by atoms with Crippen molar-refractivity contribution in [2.24, 2.45) is 11.8 Å². The molecular formula is C24H32. The van der Waals surface area contributed by atoms with Crippen molar-refractivity contribution in [2.75, 3.05) is 0 Å². The molecule has 0 heteroatoms. The van der Waals surface area contributed by atoms with E-state index in [1.165, 1.54) is 74.5 Å². The highest BCUT2D eigenvalue weighted by Gasteiger charge is 2.20. The Hall–Kier alpha value is -1.56. The Bertz CT molecular complexity index is 573. The van der Waals surface area contributed by atoms with Gasteiger partial charge in [-0.2, -0.15) is 0 Å². The number of aryl methyl sites for hydroxylation is 1. The molecule has 0 atom stereocenters. The summed E-state index contributed by atoms with van der Waals surface area (Å²) in [4.78, 5) is 0. The molecular weight excluding hydrogens is 288 g/mol. The van der Waals surface area contributed by atoms with Gasteiger partial charge in [0.05, 0.1) is 0 Å². The molecule has 0 heterocycles. The Morgan fingerprint density at radius 2 is 1.29 bits per heavy atom. The number of hydrogen-bond donors (Lipinski definition) is 0. The van der Waals surface area contributed by atoms with Crippen molar-refractivity contribution < 1.29 is 0 Å². The second-order valence-electron chi connectivity index (χ2n) is 7.63. The van der Waals surface area contributed by atoms with Gasteiger partial charge in [0.25, 0.3) is 0 Å². The Morgan fingerprint density at radius 1 is 0.708 bits per heavy atom. The molecule has 0 aromatic heterocycles. The summed E-state index contributed by atoms with van der Waals surface area (Å²) in [5, 5.41) is 0. The molecule has 1 saturated carbocycles. The number of hydrogen-bond acceptors (Lipinski definition) is 0. The molecule has 128 valence electrons. The zero-order valence-electron chi connectivity index (χ0n) is 15.2. The van der Waals surface area contributed by atoms with E-state index >= 15 is 0 Å². The summed E-state index contributed by atoms with van der Waals surface area (Å²) in [6.45, 7) is 2.31. The van der Waals surface area contributed by atoms with E-state index in [0.29, 0.717) is 0 Å². The van der Waals surface area contributed by atoms with Crippen LogP contribution in [0.25, 0.3) is 11.1 Å². The van der Waals surface area contributed by atoms with Gasteiger partial charge in [0.2, 0.25) is 0 Å². The van der Waals surface area contributed by atoms with Gasteiger partial charge in [0.1, 0.15) is 0 Å². The minimum Gasteiger partial charge on any atom is -0.0654 e. The van der Waals surface area contributed by atoms with Crippen molar-refractivity contribution in [3.8, 4) is 11.1 Å². The molecule has 1 aliphatic carbocycles. The molecule has 3 rings (SSSR count). The molecule has 2 aromatic carbocycles. The van der Waals surface area contributed by atoms with Crippen molar-refractivity contribution in [1.82, 2.24) is 0 Å². The number of rotatable bonds is 7. The van der Waals surface area contributed by atoms with E-state index in [1.807, 2.05) is 0 Å². The topological polar surface area (TPSA) is 0 Å². The monoisotopic (exact) mass is 320 g/mol. The van der Waals surface area contributed by atoms with E-state index in [0.717, 1.165) is 11.8 Å². The fraction of sp³-hybridized carbons (Fsp3) is 0.500. The maximum absolute atomic E-state index is 2.33. The maximum atomic E-state index is 2.33. The molecule has 1 aliphatic rings. The first-order chi connectivity index (χ1) is 11.8. The summed E-state index contributed by atoms with van der Waals surface area (Å²) in [6, 6.07) is 19.9. The lowest BCUT2D eigenvalue weighted by Crippen LogP contribution is -2.15. The predicted molar refractivity (Wildman–Crippen MR) is 105 cm³/mol. The van der Waals surface area contributed by atoms with Crippen LogP contribution in [0.4, 0.5) is 0 Å². The fourth-order valence-corrected chi connectivity index (χ4v) is 4.17. The zero-order valence-corrected chi connectivity index (χ0v) is 15.2. The minimum atomic E-state index is 0.969.